The summed E-state index contributed by atoms with van der Waals surface area (Å²) in [5.74, 6) is -2.32. The number of benzene rings is 2. The SMILES string of the molecule is CN(C(=O)C(CCS(C)(=O)=O)NC(=O)OCC1c2ccccc2-c2ccccc21)C1(C(=O)O)CC1. The number of hydrogen-bond donors (Lipinski definition) is 2. The van der Waals surface area contributed by atoms with E-state index in [-0.39, 0.29) is 24.7 Å². The highest BCUT2D eigenvalue weighted by Gasteiger charge is 2.56. The molecule has 0 heterocycles. The van der Waals surface area contributed by atoms with Gasteiger partial charge in [-0.05, 0) is 41.5 Å². The van der Waals surface area contributed by atoms with E-state index in [2.05, 4.69) is 5.32 Å². The van der Waals surface area contributed by atoms with Crippen molar-refractivity contribution in [3.05, 3.63) is 59.7 Å². The number of hydrogen-bond acceptors (Lipinski definition) is 6. The van der Waals surface area contributed by atoms with Gasteiger partial charge in [-0.3, -0.25) is 4.79 Å². The molecule has 0 radical (unpaired) electrons. The van der Waals surface area contributed by atoms with E-state index in [9.17, 15) is 27.9 Å². The van der Waals surface area contributed by atoms with E-state index in [1.165, 1.54) is 7.05 Å². The monoisotopic (exact) mass is 500 g/mol. The number of nitrogens with one attached hydrogen (secondary N) is 1. The first-order valence-corrected chi connectivity index (χ1v) is 13.4. The third-order valence-corrected chi connectivity index (χ3v) is 7.78. The Hall–Kier alpha value is -3.40. The van der Waals surface area contributed by atoms with Gasteiger partial charge in [0.1, 0.15) is 28.0 Å². The number of sulfone groups is 1. The van der Waals surface area contributed by atoms with Crippen LogP contribution >= 0.6 is 0 Å². The molecule has 9 nitrogen and oxygen atoms in total. The van der Waals surface area contributed by atoms with Crippen LogP contribution in [0.3, 0.4) is 0 Å². The number of rotatable bonds is 9. The van der Waals surface area contributed by atoms with Crippen molar-refractivity contribution in [1.29, 1.82) is 0 Å². The van der Waals surface area contributed by atoms with Crippen molar-refractivity contribution in [3.63, 3.8) is 0 Å². The molecule has 10 heteroatoms. The van der Waals surface area contributed by atoms with Crippen molar-refractivity contribution in [1.82, 2.24) is 10.2 Å². The summed E-state index contributed by atoms with van der Waals surface area (Å²) >= 11 is 0. The third-order valence-electron chi connectivity index (χ3n) is 6.81. The second-order valence-electron chi connectivity index (χ2n) is 9.18. The predicted octanol–water partition coefficient (Wildman–Crippen LogP) is 2.40. The lowest BCUT2D eigenvalue weighted by atomic mass is 9.98. The number of alkyl carbamates (subject to hydrolysis) is 1. The summed E-state index contributed by atoms with van der Waals surface area (Å²) in [4.78, 5) is 38.5. The summed E-state index contributed by atoms with van der Waals surface area (Å²) in [7, 11) is -2.06. The number of carbonyl (C=O) groups is 3. The highest BCUT2D eigenvalue weighted by Crippen LogP contribution is 2.44. The molecular weight excluding hydrogens is 472 g/mol. The lowest BCUT2D eigenvalue weighted by Crippen LogP contribution is -2.54. The van der Waals surface area contributed by atoms with Crippen LogP contribution in [-0.2, 0) is 24.2 Å². The van der Waals surface area contributed by atoms with Gasteiger partial charge in [0, 0.05) is 19.2 Å². The van der Waals surface area contributed by atoms with Gasteiger partial charge in [-0.2, -0.15) is 0 Å². The molecule has 1 atom stereocenters. The molecule has 35 heavy (non-hydrogen) atoms. The summed E-state index contributed by atoms with van der Waals surface area (Å²) in [6.45, 7) is 0.0295. The van der Waals surface area contributed by atoms with Crippen LogP contribution in [0.2, 0.25) is 0 Å². The quantitative estimate of drug-likeness (QED) is 0.541. The minimum absolute atomic E-state index is 0.0295. The van der Waals surface area contributed by atoms with Crippen molar-refractivity contribution >= 4 is 27.8 Å². The molecule has 0 saturated heterocycles. The van der Waals surface area contributed by atoms with Gasteiger partial charge in [0.05, 0.1) is 5.75 Å². The van der Waals surface area contributed by atoms with E-state index in [0.29, 0.717) is 12.8 Å². The number of fused-ring (bicyclic) bond motifs is 3. The zero-order valence-corrected chi connectivity index (χ0v) is 20.4. The number of nitrogens with zero attached hydrogens (tertiary/aromatic N) is 1. The van der Waals surface area contributed by atoms with Crippen LogP contribution in [0.1, 0.15) is 36.3 Å². The average Bonchev–Trinajstić information content (AvgIpc) is 3.57. The fourth-order valence-corrected chi connectivity index (χ4v) is 5.29. The lowest BCUT2D eigenvalue weighted by molar-refractivity contribution is -0.151. The molecule has 186 valence electrons. The second kappa shape index (κ2) is 9.33. The average molecular weight is 501 g/mol. The second-order valence-corrected chi connectivity index (χ2v) is 11.4. The first kappa shape index (κ1) is 24.7. The molecule has 2 aliphatic carbocycles. The van der Waals surface area contributed by atoms with Crippen molar-refractivity contribution in [2.45, 2.75) is 36.8 Å². The molecule has 2 aliphatic rings. The predicted molar refractivity (Wildman–Crippen MR) is 129 cm³/mol. The van der Waals surface area contributed by atoms with Gasteiger partial charge in [-0.1, -0.05) is 48.5 Å². The Balaban J connectivity index is 1.46. The Labute approximate surface area is 204 Å². The first-order chi connectivity index (χ1) is 16.5. The zero-order valence-electron chi connectivity index (χ0n) is 19.6. The van der Waals surface area contributed by atoms with E-state index < -0.39 is 39.4 Å². The summed E-state index contributed by atoms with van der Waals surface area (Å²) in [5, 5.41) is 12.0. The molecule has 1 fully saturated rings. The largest absolute Gasteiger partial charge is 0.479 e. The smallest absolute Gasteiger partial charge is 0.407 e. The molecule has 0 spiro atoms. The minimum atomic E-state index is -3.42. The van der Waals surface area contributed by atoms with Crippen molar-refractivity contribution in [2.24, 2.45) is 0 Å². The van der Waals surface area contributed by atoms with Gasteiger partial charge in [0.2, 0.25) is 5.91 Å². The van der Waals surface area contributed by atoms with E-state index in [1.807, 2.05) is 48.5 Å². The standard InChI is InChI=1S/C25H28N2O7S/c1-27(25(12-13-25)23(29)30)22(28)21(11-14-35(2,32)33)26-24(31)34-15-20-18-9-5-3-7-16(18)17-8-4-6-10-19(17)20/h3-10,20-21H,11-15H2,1-2H3,(H,26,31)(H,29,30). The summed E-state index contributed by atoms with van der Waals surface area (Å²) in [6, 6.07) is 14.5. The maximum Gasteiger partial charge on any atom is 0.407 e. The third kappa shape index (κ3) is 5.02. The Bertz CT molecular complexity index is 1220. The summed E-state index contributed by atoms with van der Waals surface area (Å²) < 4.78 is 28.9. The van der Waals surface area contributed by atoms with Gasteiger partial charge in [-0.15, -0.1) is 0 Å². The van der Waals surface area contributed by atoms with Gasteiger partial charge in [0.15, 0.2) is 0 Å². The maximum atomic E-state index is 13.1. The number of carbonyl (C=O) groups excluding carboxylic acids is 2. The number of likely N-dealkylation sites (N-methyl/N-ethyl adjacent to an activating group) is 1. The highest BCUT2D eigenvalue weighted by molar-refractivity contribution is 7.90. The van der Waals surface area contributed by atoms with Crippen LogP contribution in [0.25, 0.3) is 11.1 Å². The molecular formula is C25H28N2O7S. The maximum absolute atomic E-state index is 13.1. The number of aliphatic carboxylic acids is 1. The van der Waals surface area contributed by atoms with Crippen LogP contribution in [-0.4, -0.2) is 73.6 Å². The fourth-order valence-electron chi connectivity index (χ4n) is 4.63. The lowest BCUT2D eigenvalue weighted by Gasteiger charge is -2.29. The number of ether oxygens (including phenoxy) is 1. The number of carboxylic acids is 1. The van der Waals surface area contributed by atoms with Crippen LogP contribution in [0, 0.1) is 0 Å². The molecule has 2 N–H and O–H groups in total. The van der Waals surface area contributed by atoms with E-state index in [1.54, 1.807) is 0 Å². The van der Waals surface area contributed by atoms with Crippen LogP contribution < -0.4 is 5.32 Å². The Morgan fingerprint density at radius 1 is 1.09 bits per heavy atom. The van der Waals surface area contributed by atoms with Gasteiger partial charge < -0.3 is 20.1 Å². The molecule has 1 saturated carbocycles. The van der Waals surface area contributed by atoms with Gasteiger partial charge in [-0.25, -0.2) is 18.0 Å². The van der Waals surface area contributed by atoms with Crippen molar-refractivity contribution in [2.75, 3.05) is 25.7 Å². The van der Waals surface area contributed by atoms with Gasteiger partial charge >= 0.3 is 12.1 Å². The topological polar surface area (TPSA) is 130 Å². The normalized spacial score (nSPS) is 16.5. The van der Waals surface area contributed by atoms with Crippen LogP contribution in [0.15, 0.2) is 48.5 Å². The Morgan fingerprint density at radius 3 is 2.11 bits per heavy atom. The molecule has 0 aromatic heterocycles. The molecule has 1 unspecified atom stereocenters. The Kier molecular flexibility index (Phi) is 6.59. The first-order valence-electron chi connectivity index (χ1n) is 11.3. The molecule has 4 rings (SSSR count). The molecule has 2 aromatic carbocycles. The molecule has 0 bridgehead atoms. The zero-order chi connectivity index (χ0) is 25.4. The van der Waals surface area contributed by atoms with Crippen LogP contribution in [0.5, 0.6) is 0 Å². The van der Waals surface area contributed by atoms with Crippen molar-refractivity contribution < 1.29 is 32.6 Å². The van der Waals surface area contributed by atoms with E-state index in [4.69, 9.17) is 4.74 Å². The van der Waals surface area contributed by atoms with Gasteiger partial charge in [0.25, 0.3) is 0 Å². The molecule has 2 amide bonds. The Morgan fingerprint density at radius 2 is 1.63 bits per heavy atom. The van der Waals surface area contributed by atoms with E-state index >= 15 is 0 Å². The molecule has 2 aromatic rings. The summed E-state index contributed by atoms with van der Waals surface area (Å²) in [6.07, 6.45) is 0.572. The highest BCUT2D eigenvalue weighted by atomic mass is 32.2. The number of amides is 2. The molecule has 0 aliphatic heterocycles. The summed E-state index contributed by atoms with van der Waals surface area (Å²) in [5.41, 5.74) is 2.89. The van der Waals surface area contributed by atoms with Crippen molar-refractivity contribution in [3.8, 4) is 11.1 Å². The number of carboxylic acid groups (broad SMARTS) is 1. The fraction of sp³-hybridized carbons (Fsp3) is 0.400. The minimum Gasteiger partial charge on any atom is -0.479 e. The van der Waals surface area contributed by atoms with E-state index in [0.717, 1.165) is 33.4 Å². The van der Waals surface area contributed by atoms with Crippen LogP contribution in [0.4, 0.5) is 4.79 Å².